The van der Waals surface area contributed by atoms with Crippen LogP contribution in [0, 0.1) is 6.92 Å². The van der Waals surface area contributed by atoms with Crippen molar-refractivity contribution >= 4 is 11.9 Å². The van der Waals surface area contributed by atoms with Gasteiger partial charge in [0.2, 0.25) is 6.36 Å². The molecule has 0 bridgehead atoms. The maximum Gasteiger partial charge on any atom is 0.266 e. The van der Waals surface area contributed by atoms with Gasteiger partial charge in [-0.05, 0) is 41.8 Å². The normalized spacial score (nSPS) is 19.3. The number of hydrogen-bond donors (Lipinski definition) is 1. The van der Waals surface area contributed by atoms with Crippen molar-refractivity contribution in [3.05, 3.63) is 77.7 Å². The van der Waals surface area contributed by atoms with Crippen LogP contribution in [-0.4, -0.2) is 40.1 Å². The molecule has 31 heavy (non-hydrogen) atoms. The van der Waals surface area contributed by atoms with Crippen LogP contribution in [0.2, 0.25) is 0 Å². The quantitative estimate of drug-likeness (QED) is 0.686. The van der Waals surface area contributed by atoms with Gasteiger partial charge in [-0.15, -0.1) is 0 Å². The van der Waals surface area contributed by atoms with Crippen LogP contribution in [0.5, 0.6) is 5.75 Å². The molecule has 3 aromatic rings. The van der Waals surface area contributed by atoms with Crippen LogP contribution in [0.15, 0.2) is 66.0 Å². The van der Waals surface area contributed by atoms with E-state index in [4.69, 9.17) is 10.5 Å². The molecule has 0 saturated heterocycles. The molecular formula is C23H22FN5O2. The Kier molecular flexibility index (Phi) is 5.14. The van der Waals surface area contributed by atoms with Gasteiger partial charge >= 0.3 is 0 Å². The van der Waals surface area contributed by atoms with Gasteiger partial charge in [-0.3, -0.25) is 19.7 Å². The average molecular weight is 419 g/mol. The van der Waals surface area contributed by atoms with E-state index in [1.165, 1.54) is 11.8 Å². The fourth-order valence-electron chi connectivity index (χ4n) is 3.72. The number of likely N-dealkylation sites (N-methyl/N-ethyl adjacent to an activating group) is 1. The highest BCUT2D eigenvalue weighted by Gasteiger charge is 2.49. The monoisotopic (exact) mass is 419 g/mol. The van der Waals surface area contributed by atoms with Gasteiger partial charge < -0.3 is 10.5 Å². The van der Waals surface area contributed by atoms with Crippen molar-refractivity contribution in [2.24, 2.45) is 10.7 Å². The van der Waals surface area contributed by atoms with E-state index in [9.17, 15) is 9.18 Å². The Labute approximate surface area is 179 Å². The Bertz CT molecular complexity index is 1170. The van der Waals surface area contributed by atoms with E-state index in [2.05, 4.69) is 15.0 Å². The molecule has 1 amide bonds. The van der Waals surface area contributed by atoms with Gasteiger partial charge in [0.25, 0.3) is 5.91 Å². The summed E-state index contributed by atoms with van der Waals surface area (Å²) in [5.41, 5.74) is 8.09. The lowest BCUT2D eigenvalue weighted by Gasteiger charge is -2.27. The highest BCUT2D eigenvalue weighted by atomic mass is 19.1. The minimum Gasteiger partial charge on any atom is -0.460 e. The van der Waals surface area contributed by atoms with Crippen molar-refractivity contribution in [2.75, 3.05) is 7.05 Å². The van der Waals surface area contributed by atoms with E-state index >= 15 is 0 Å². The molecule has 1 aliphatic rings. The summed E-state index contributed by atoms with van der Waals surface area (Å²) >= 11 is 0. The Morgan fingerprint density at radius 1 is 1.16 bits per heavy atom. The van der Waals surface area contributed by atoms with Crippen LogP contribution in [0.3, 0.4) is 0 Å². The molecule has 0 saturated carbocycles. The van der Waals surface area contributed by atoms with E-state index < -0.39 is 11.9 Å². The summed E-state index contributed by atoms with van der Waals surface area (Å²) in [7, 11) is 1.59. The van der Waals surface area contributed by atoms with E-state index in [1.807, 2.05) is 24.3 Å². The van der Waals surface area contributed by atoms with Crippen LogP contribution < -0.4 is 10.5 Å². The number of guanidine groups is 1. The summed E-state index contributed by atoms with van der Waals surface area (Å²) < 4.78 is 18.6. The standard InChI is InChI=1S/C23H22FN5O2/c1-14-11-18(7-8-20(14)31-15(2)24)23(21(30)29(3)22(25)28-23)17-6-4-5-16(12-17)19-13-26-9-10-27-19/h4-13,15H,1-3H3,(H2,25,28). The number of carbonyl (C=O) groups excluding carboxylic acids is 1. The number of alkyl halides is 1. The number of rotatable bonds is 5. The Hall–Kier alpha value is -3.81. The number of benzene rings is 2. The van der Waals surface area contributed by atoms with Crippen LogP contribution >= 0.6 is 0 Å². The molecule has 7 nitrogen and oxygen atoms in total. The van der Waals surface area contributed by atoms with Gasteiger partial charge in [-0.2, -0.15) is 0 Å². The van der Waals surface area contributed by atoms with Crippen LogP contribution in [0.1, 0.15) is 23.6 Å². The maximum atomic E-state index is 13.5. The third-order valence-electron chi connectivity index (χ3n) is 5.26. The van der Waals surface area contributed by atoms with Crippen molar-refractivity contribution in [1.82, 2.24) is 14.9 Å². The topological polar surface area (TPSA) is 93.7 Å². The molecule has 2 unspecified atom stereocenters. The number of aromatic nitrogens is 2. The number of carbonyl (C=O) groups is 1. The fraction of sp³-hybridized carbons (Fsp3) is 0.217. The molecule has 4 rings (SSSR count). The number of halogens is 1. The van der Waals surface area contributed by atoms with E-state index in [0.717, 1.165) is 5.56 Å². The average Bonchev–Trinajstić information content (AvgIpc) is 3.00. The molecule has 158 valence electrons. The number of ether oxygens (including phenoxy) is 1. The third-order valence-corrected chi connectivity index (χ3v) is 5.26. The van der Waals surface area contributed by atoms with Crippen molar-refractivity contribution in [2.45, 2.75) is 25.7 Å². The fourth-order valence-corrected chi connectivity index (χ4v) is 3.72. The lowest BCUT2D eigenvalue weighted by molar-refractivity contribution is -0.129. The molecule has 0 radical (unpaired) electrons. The Morgan fingerprint density at radius 2 is 1.94 bits per heavy atom. The second-order valence-corrected chi connectivity index (χ2v) is 7.36. The molecule has 0 spiro atoms. The molecule has 8 heteroatoms. The van der Waals surface area contributed by atoms with Crippen molar-refractivity contribution in [3.8, 4) is 17.0 Å². The molecule has 0 fully saturated rings. The van der Waals surface area contributed by atoms with Gasteiger partial charge in [0.15, 0.2) is 11.5 Å². The van der Waals surface area contributed by atoms with E-state index in [0.29, 0.717) is 28.1 Å². The summed E-state index contributed by atoms with van der Waals surface area (Å²) in [4.78, 5) is 27.9. The lowest BCUT2D eigenvalue weighted by atomic mass is 9.81. The number of hydrogen-bond acceptors (Lipinski definition) is 6. The first-order chi connectivity index (χ1) is 14.8. The maximum absolute atomic E-state index is 13.5. The van der Waals surface area contributed by atoms with Gasteiger partial charge in [-0.1, -0.05) is 24.3 Å². The van der Waals surface area contributed by atoms with E-state index in [-0.39, 0.29) is 11.9 Å². The number of nitrogens with two attached hydrogens (primary N) is 1. The Morgan fingerprint density at radius 3 is 2.55 bits per heavy atom. The van der Waals surface area contributed by atoms with Gasteiger partial charge in [0, 0.05) is 31.9 Å². The molecule has 2 aromatic carbocycles. The zero-order valence-corrected chi connectivity index (χ0v) is 17.4. The predicted molar refractivity (Wildman–Crippen MR) is 115 cm³/mol. The first kappa shape index (κ1) is 20.5. The van der Waals surface area contributed by atoms with Crippen LogP contribution in [0.25, 0.3) is 11.3 Å². The summed E-state index contributed by atoms with van der Waals surface area (Å²) in [6.07, 6.45) is 3.41. The molecule has 2 heterocycles. The molecule has 1 aromatic heterocycles. The molecule has 2 N–H and O–H groups in total. The van der Waals surface area contributed by atoms with Gasteiger partial charge in [0.1, 0.15) is 5.75 Å². The predicted octanol–water partition coefficient (Wildman–Crippen LogP) is 3.18. The zero-order chi connectivity index (χ0) is 22.2. The van der Waals surface area contributed by atoms with Gasteiger partial charge in [0.05, 0.1) is 11.9 Å². The lowest BCUT2D eigenvalue weighted by Crippen LogP contribution is -2.41. The highest BCUT2D eigenvalue weighted by molar-refractivity contribution is 6.09. The van der Waals surface area contributed by atoms with Crippen LogP contribution in [-0.2, 0) is 10.3 Å². The smallest absolute Gasteiger partial charge is 0.266 e. The van der Waals surface area contributed by atoms with Crippen molar-refractivity contribution in [3.63, 3.8) is 0 Å². The zero-order valence-electron chi connectivity index (χ0n) is 17.4. The Balaban J connectivity index is 1.90. The summed E-state index contributed by atoms with van der Waals surface area (Å²) in [5.74, 6) is 0.233. The second kappa shape index (κ2) is 7.79. The third kappa shape index (κ3) is 3.50. The largest absolute Gasteiger partial charge is 0.460 e. The minimum atomic E-state index is -1.45. The minimum absolute atomic E-state index is 0.116. The number of aryl methyl sites for hydroxylation is 1. The highest BCUT2D eigenvalue weighted by Crippen LogP contribution is 2.41. The van der Waals surface area contributed by atoms with Crippen molar-refractivity contribution in [1.29, 1.82) is 0 Å². The van der Waals surface area contributed by atoms with E-state index in [1.54, 1.807) is 50.8 Å². The summed E-state index contributed by atoms with van der Waals surface area (Å²) in [6, 6.07) is 12.6. The molecule has 2 atom stereocenters. The molecule has 0 aliphatic carbocycles. The SMILES string of the molecule is Cc1cc(C2(c3cccc(-c4cnccn4)c3)N=C(N)N(C)C2=O)ccc1OC(C)F. The van der Waals surface area contributed by atoms with Crippen LogP contribution in [0.4, 0.5) is 4.39 Å². The molecular weight excluding hydrogens is 397 g/mol. The second-order valence-electron chi connectivity index (χ2n) is 7.36. The summed E-state index contributed by atoms with van der Waals surface area (Å²) in [5, 5.41) is 0. The number of nitrogens with zero attached hydrogens (tertiary/aromatic N) is 4. The number of aliphatic imine (C=N–C) groups is 1. The van der Waals surface area contributed by atoms with Gasteiger partial charge in [-0.25, -0.2) is 9.38 Å². The number of amides is 1. The summed E-state index contributed by atoms with van der Waals surface area (Å²) in [6.45, 7) is 3.11. The van der Waals surface area contributed by atoms with Crippen molar-refractivity contribution < 1.29 is 13.9 Å². The first-order valence-electron chi connectivity index (χ1n) is 9.75. The molecule has 1 aliphatic heterocycles. The first-order valence-corrected chi connectivity index (χ1v) is 9.75.